The molecule has 3 nitrogen and oxygen atoms in total. The predicted molar refractivity (Wildman–Crippen MR) is 76.0 cm³/mol. The smallest absolute Gasteiger partial charge is 0.143 e. The first-order valence-corrected chi connectivity index (χ1v) is 8.52. The van der Waals surface area contributed by atoms with Gasteiger partial charge in [0.25, 0.3) is 0 Å². The minimum Gasteiger partial charge on any atom is -0.311 e. The van der Waals surface area contributed by atoms with E-state index in [1.54, 1.807) is 0 Å². The van der Waals surface area contributed by atoms with E-state index in [1.165, 1.54) is 63.6 Å². The molecule has 0 aliphatic heterocycles. The van der Waals surface area contributed by atoms with Crippen LogP contribution < -0.4 is 0 Å². The van der Waals surface area contributed by atoms with Crippen molar-refractivity contribution in [1.82, 2.24) is 14.8 Å². The Kier molecular flexibility index (Phi) is 4.02. The fourth-order valence-corrected chi connectivity index (χ4v) is 3.53. The number of aromatic nitrogens is 3. The Morgan fingerprint density at radius 2 is 1.61 bits per heavy atom. The lowest BCUT2D eigenvalue weighted by Crippen LogP contribution is -2.11. The van der Waals surface area contributed by atoms with Gasteiger partial charge in [-0.2, -0.15) is 0 Å². The van der Waals surface area contributed by atoms with E-state index >= 15 is 0 Å². The van der Waals surface area contributed by atoms with Gasteiger partial charge in [-0.1, -0.05) is 48.0 Å². The molecule has 1 heterocycles. The van der Waals surface area contributed by atoms with Crippen molar-refractivity contribution in [2.24, 2.45) is 0 Å². The molecule has 1 aromatic rings. The molecule has 3 rings (SSSR count). The first-order valence-electron chi connectivity index (χ1n) is 7.40. The van der Waals surface area contributed by atoms with E-state index in [0.29, 0.717) is 12.0 Å². The summed E-state index contributed by atoms with van der Waals surface area (Å²) in [5.41, 5.74) is 0. The van der Waals surface area contributed by atoms with Gasteiger partial charge in [0.1, 0.15) is 11.6 Å². The van der Waals surface area contributed by atoms with Crippen molar-refractivity contribution < 1.29 is 0 Å². The van der Waals surface area contributed by atoms with Gasteiger partial charge >= 0.3 is 0 Å². The zero-order valence-electron chi connectivity index (χ0n) is 10.9. The first-order chi connectivity index (χ1) is 8.90. The Hall–Kier alpha value is -0.380. The molecule has 2 saturated carbocycles. The molecule has 0 unspecified atom stereocenters. The molecule has 0 aromatic carbocycles. The van der Waals surface area contributed by atoms with Gasteiger partial charge in [-0.25, -0.2) is 0 Å². The molecule has 0 spiro atoms. The molecule has 0 saturated heterocycles. The monoisotopic (exact) mass is 311 g/mol. The van der Waals surface area contributed by atoms with Gasteiger partial charge < -0.3 is 4.57 Å². The Morgan fingerprint density at radius 3 is 2.22 bits per heavy atom. The van der Waals surface area contributed by atoms with E-state index in [-0.39, 0.29) is 0 Å². The van der Waals surface area contributed by atoms with Crippen LogP contribution in [0.15, 0.2) is 0 Å². The number of hydrogen-bond donors (Lipinski definition) is 0. The second kappa shape index (κ2) is 5.72. The van der Waals surface area contributed by atoms with Crippen molar-refractivity contribution in [3.8, 4) is 0 Å². The lowest BCUT2D eigenvalue weighted by atomic mass is 9.90. The first kappa shape index (κ1) is 12.6. The average Bonchev–Trinajstić information content (AvgIpc) is 3.09. The van der Waals surface area contributed by atoms with Crippen LogP contribution in [0.25, 0.3) is 0 Å². The van der Waals surface area contributed by atoms with Gasteiger partial charge in [-0.15, -0.1) is 10.2 Å². The third-order valence-electron chi connectivity index (χ3n) is 4.29. The Bertz CT molecular complexity index is 390. The molecule has 2 fully saturated rings. The molecular weight excluding hydrogens is 290 g/mol. The minimum absolute atomic E-state index is 0.659. The van der Waals surface area contributed by atoms with Crippen LogP contribution in [0.2, 0.25) is 0 Å². The van der Waals surface area contributed by atoms with Crippen molar-refractivity contribution in [3.63, 3.8) is 0 Å². The highest BCUT2D eigenvalue weighted by molar-refractivity contribution is 9.08. The zero-order valence-corrected chi connectivity index (χ0v) is 12.5. The summed E-state index contributed by atoms with van der Waals surface area (Å²) >= 11 is 3.55. The number of hydrogen-bond acceptors (Lipinski definition) is 2. The van der Waals surface area contributed by atoms with E-state index in [4.69, 9.17) is 0 Å². The van der Waals surface area contributed by atoms with Crippen molar-refractivity contribution >= 4 is 15.9 Å². The summed E-state index contributed by atoms with van der Waals surface area (Å²) in [5, 5.41) is 9.75. The molecule has 1 aromatic heterocycles. The molecule has 0 N–H and O–H groups in total. The third kappa shape index (κ3) is 2.63. The predicted octanol–water partition coefficient (Wildman–Crippen LogP) is 4.34. The van der Waals surface area contributed by atoms with Crippen LogP contribution in [-0.2, 0) is 5.33 Å². The van der Waals surface area contributed by atoms with Crippen LogP contribution >= 0.6 is 15.9 Å². The normalized spacial score (nSPS) is 22.7. The lowest BCUT2D eigenvalue weighted by Gasteiger charge is -2.20. The molecule has 0 atom stereocenters. The van der Waals surface area contributed by atoms with Crippen LogP contribution in [0.5, 0.6) is 0 Å². The van der Waals surface area contributed by atoms with Crippen LogP contribution in [0.1, 0.15) is 81.4 Å². The van der Waals surface area contributed by atoms with Crippen LogP contribution in [0, 0.1) is 0 Å². The van der Waals surface area contributed by atoms with Gasteiger partial charge in [0, 0.05) is 12.0 Å². The molecule has 0 radical (unpaired) electrons. The maximum atomic E-state index is 4.53. The Morgan fingerprint density at radius 1 is 0.944 bits per heavy atom. The highest BCUT2D eigenvalue weighted by Gasteiger charge is 2.31. The highest BCUT2D eigenvalue weighted by atomic mass is 79.9. The maximum absolute atomic E-state index is 4.53. The number of halogens is 1. The number of nitrogens with zero attached hydrogens (tertiary/aromatic N) is 3. The highest BCUT2D eigenvalue weighted by Crippen LogP contribution is 2.40. The van der Waals surface area contributed by atoms with Gasteiger partial charge in [-0.05, 0) is 25.7 Å². The molecule has 0 bridgehead atoms. The second-order valence-electron chi connectivity index (χ2n) is 5.75. The molecular formula is C14H22BrN3. The largest absolute Gasteiger partial charge is 0.311 e. The topological polar surface area (TPSA) is 30.7 Å². The summed E-state index contributed by atoms with van der Waals surface area (Å²) in [4.78, 5) is 0. The summed E-state index contributed by atoms with van der Waals surface area (Å²) in [6.45, 7) is 0. The van der Waals surface area contributed by atoms with E-state index in [1.807, 2.05) is 0 Å². The molecule has 18 heavy (non-hydrogen) atoms. The molecule has 0 amide bonds. The minimum atomic E-state index is 0.659. The van der Waals surface area contributed by atoms with E-state index in [0.717, 1.165) is 11.2 Å². The van der Waals surface area contributed by atoms with Gasteiger partial charge in [-0.3, -0.25) is 0 Å². The SMILES string of the molecule is BrCc1nnc(C2CCCCCCC2)n1C1CC1. The van der Waals surface area contributed by atoms with Crippen molar-refractivity contribution in [2.45, 2.75) is 75.1 Å². The lowest BCUT2D eigenvalue weighted by molar-refractivity contribution is 0.428. The molecule has 2 aliphatic rings. The van der Waals surface area contributed by atoms with Gasteiger partial charge in [0.05, 0.1) is 5.33 Å². The molecule has 100 valence electrons. The Balaban J connectivity index is 1.82. The van der Waals surface area contributed by atoms with E-state index in [9.17, 15) is 0 Å². The van der Waals surface area contributed by atoms with E-state index < -0.39 is 0 Å². The summed E-state index contributed by atoms with van der Waals surface area (Å²) in [6, 6.07) is 0.702. The Labute approximate surface area is 117 Å². The summed E-state index contributed by atoms with van der Waals surface area (Å²) in [7, 11) is 0. The van der Waals surface area contributed by atoms with Gasteiger partial charge in [0.2, 0.25) is 0 Å². The third-order valence-corrected chi connectivity index (χ3v) is 4.80. The van der Waals surface area contributed by atoms with Crippen LogP contribution in [0.4, 0.5) is 0 Å². The number of alkyl halides is 1. The van der Waals surface area contributed by atoms with Crippen molar-refractivity contribution in [3.05, 3.63) is 11.6 Å². The van der Waals surface area contributed by atoms with Crippen molar-refractivity contribution in [1.29, 1.82) is 0 Å². The summed E-state index contributed by atoms with van der Waals surface area (Å²) in [6.07, 6.45) is 12.2. The number of rotatable bonds is 3. The van der Waals surface area contributed by atoms with Crippen LogP contribution in [0.3, 0.4) is 0 Å². The maximum Gasteiger partial charge on any atom is 0.143 e. The fourth-order valence-electron chi connectivity index (χ4n) is 3.15. The quantitative estimate of drug-likeness (QED) is 0.778. The van der Waals surface area contributed by atoms with Crippen LogP contribution in [-0.4, -0.2) is 14.8 Å². The summed E-state index contributed by atoms with van der Waals surface area (Å²) in [5.74, 6) is 3.08. The molecule has 4 heteroatoms. The summed E-state index contributed by atoms with van der Waals surface area (Å²) < 4.78 is 2.45. The molecule has 2 aliphatic carbocycles. The standard InChI is InChI=1S/C14H22BrN3/c15-10-13-16-17-14(18(13)12-8-9-12)11-6-4-2-1-3-5-7-11/h11-12H,1-10H2. The average molecular weight is 312 g/mol. The van der Waals surface area contributed by atoms with Gasteiger partial charge in [0.15, 0.2) is 0 Å². The zero-order chi connectivity index (χ0) is 12.4. The van der Waals surface area contributed by atoms with Crippen molar-refractivity contribution in [2.75, 3.05) is 0 Å². The van der Waals surface area contributed by atoms with E-state index in [2.05, 4.69) is 30.7 Å². The fraction of sp³-hybridized carbons (Fsp3) is 0.857. The second-order valence-corrected chi connectivity index (χ2v) is 6.31.